The SMILES string of the molecule is C[C@@H]1CC[C@@]2(OC1)O[C@H]1C[C@H]3[C@@H]4CC(=O)[C@@](O)(CO)[C@](C)(C[C@H](O)C(=O)O)[C@H]4CC[C@]3(C)[C@H]1[C@@H]2C. The van der Waals surface area contributed by atoms with Crippen molar-refractivity contribution in [2.75, 3.05) is 13.2 Å². The molecule has 8 heteroatoms. The molecule has 0 unspecified atom stereocenters. The fourth-order valence-electron chi connectivity index (χ4n) is 9.47. The molecule has 5 rings (SSSR count). The average Bonchev–Trinajstić information content (AvgIpc) is 3.25. The van der Waals surface area contributed by atoms with Crippen molar-refractivity contribution < 1.29 is 39.5 Å². The minimum absolute atomic E-state index is 0.0521. The second kappa shape index (κ2) is 8.22. The number of carbonyl (C=O) groups is 2. The zero-order valence-corrected chi connectivity index (χ0v) is 21.4. The molecule has 3 saturated carbocycles. The maximum atomic E-state index is 13.4. The van der Waals surface area contributed by atoms with Crippen LogP contribution in [0, 0.1) is 46.3 Å². The first-order valence-corrected chi connectivity index (χ1v) is 13.4. The summed E-state index contributed by atoms with van der Waals surface area (Å²) in [6, 6.07) is 0. The number of fused-ring (bicyclic) bond motifs is 5. The quantitative estimate of drug-likeness (QED) is 0.468. The first kappa shape index (κ1) is 25.6. The highest BCUT2D eigenvalue weighted by atomic mass is 16.7. The van der Waals surface area contributed by atoms with E-state index in [1.165, 1.54) is 0 Å². The summed E-state index contributed by atoms with van der Waals surface area (Å²) in [6.07, 6.45) is 2.61. The van der Waals surface area contributed by atoms with E-state index >= 15 is 0 Å². The molecule has 4 N–H and O–H groups in total. The highest BCUT2D eigenvalue weighted by molar-refractivity contribution is 5.90. The number of Topliss-reactive ketones (excluding diaryl/α,β-unsaturated/α-hetero) is 1. The van der Waals surface area contributed by atoms with Crippen LogP contribution in [-0.4, -0.2) is 69.0 Å². The summed E-state index contributed by atoms with van der Waals surface area (Å²) in [5.41, 5.74) is -3.36. The van der Waals surface area contributed by atoms with Gasteiger partial charge in [0.15, 0.2) is 23.3 Å². The second-order valence-electron chi connectivity index (χ2n) is 13.0. The number of rotatable bonds is 4. The number of ether oxygens (including phenoxy) is 2. The molecule has 0 aromatic rings. The number of carboxylic acid groups (broad SMARTS) is 1. The molecule has 2 heterocycles. The molecule has 35 heavy (non-hydrogen) atoms. The van der Waals surface area contributed by atoms with Gasteiger partial charge in [-0.2, -0.15) is 0 Å². The third-order valence-corrected chi connectivity index (χ3v) is 11.5. The number of aliphatic hydroxyl groups excluding tert-OH is 2. The number of aliphatic carboxylic acids is 1. The Hall–Kier alpha value is -1.06. The van der Waals surface area contributed by atoms with Crippen molar-refractivity contribution in [1.82, 2.24) is 0 Å². The Labute approximate surface area is 207 Å². The minimum Gasteiger partial charge on any atom is -0.479 e. The van der Waals surface area contributed by atoms with Gasteiger partial charge in [0.1, 0.15) is 0 Å². The molecule has 2 saturated heterocycles. The Bertz CT molecular complexity index is 882. The molecular weight excluding hydrogens is 452 g/mol. The smallest absolute Gasteiger partial charge is 0.332 e. The molecule has 12 atom stereocenters. The minimum atomic E-state index is -2.06. The van der Waals surface area contributed by atoms with E-state index in [1.54, 1.807) is 6.92 Å². The lowest BCUT2D eigenvalue weighted by atomic mass is 9.44. The van der Waals surface area contributed by atoms with Crippen molar-refractivity contribution in [2.45, 2.75) is 96.2 Å². The van der Waals surface area contributed by atoms with Crippen LogP contribution < -0.4 is 0 Å². The maximum absolute atomic E-state index is 13.4. The van der Waals surface area contributed by atoms with Crippen LogP contribution in [0.5, 0.6) is 0 Å². The van der Waals surface area contributed by atoms with Gasteiger partial charge in [-0.3, -0.25) is 4.79 Å². The number of carbonyl (C=O) groups excluding carboxylic acids is 1. The number of hydrogen-bond donors (Lipinski definition) is 4. The van der Waals surface area contributed by atoms with Gasteiger partial charge in [0, 0.05) is 24.2 Å². The summed E-state index contributed by atoms with van der Waals surface area (Å²) in [5, 5.41) is 41.2. The van der Waals surface area contributed by atoms with Crippen LogP contribution in [0.2, 0.25) is 0 Å². The van der Waals surface area contributed by atoms with E-state index in [2.05, 4.69) is 20.8 Å². The van der Waals surface area contributed by atoms with Gasteiger partial charge < -0.3 is 29.9 Å². The fourth-order valence-corrected chi connectivity index (χ4v) is 9.47. The summed E-state index contributed by atoms with van der Waals surface area (Å²) in [6.45, 7) is 8.41. The van der Waals surface area contributed by atoms with E-state index in [1.807, 2.05) is 0 Å². The normalized spacial score (nSPS) is 54.3. The highest BCUT2D eigenvalue weighted by Gasteiger charge is 2.71. The van der Waals surface area contributed by atoms with E-state index in [4.69, 9.17) is 9.47 Å². The van der Waals surface area contributed by atoms with E-state index in [-0.39, 0.29) is 48.0 Å². The van der Waals surface area contributed by atoms with Gasteiger partial charge in [0.2, 0.25) is 0 Å². The molecule has 3 aliphatic carbocycles. The topological polar surface area (TPSA) is 134 Å². The first-order valence-electron chi connectivity index (χ1n) is 13.4. The van der Waals surface area contributed by atoms with Crippen LogP contribution in [0.4, 0.5) is 0 Å². The lowest BCUT2D eigenvalue weighted by molar-refractivity contribution is -0.273. The Morgan fingerprint density at radius 1 is 1.17 bits per heavy atom. The van der Waals surface area contributed by atoms with Crippen molar-refractivity contribution in [2.24, 2.45) is 46.3 Å². The van der Waals surface area contributed by atoms with Crippen molar-refractivity contribution >= 4 is 11.8 Å². The molecule has 0 amide bonds. The number of aliphatic hydroxyl groups is 3. The van der Waals surface area contributed by atoms with Crippen LogP contribution in [0.25, 0.3) is 0 Å². The maximum Gasteiger partial charge on any atom is 0.332 e. The lowest BCUT2D eigenvalue weighted by Gasteiger charge is -2.61. The molecule has 1 spiro atoms. The summed E-state index contributed by atoms with van der Waals surface area (Å²) >= 11 is 0. The zero-order valence-electron chi connectivity index (χ0n) is 21.4. The molecular formula is C27H42O8. The molecule has 0 aromatic carbocycles. The molecule has 8 nitrogen and oxygen atoms in total. The molecule has 198 valence electrons. The third kappa shape index (κ3) is 3.36. The standard InChI is InChI=1S/C27H42O8/c1-14-5-8-27(34-12-14)15(2)22-20(35-27)10-18-16-9-21(30)26(33,13-28)25(4,11-19(29)23(31)32)17(16)6-7-24(18,22)3/h14-20,22,28-29,33H,5-13H2,1-4H3,(H,31,32)/t14-,15+,16-,17+,18+,19+,20+,22+,24+,25-,26+,27-/m1/s1. The van der Waals surface area contributed by atoms with Gasteiger partial charge >= 0.3 is 5.97 Å². The van der Waals surface area contributed by atoms with Crippen LogP contribution in [0.1, 0.15) is 72.6 Å². The lowest BCUT2D eigenvalue weighted by Crippen LogP contribution is -2.67. The highest BCUT2D eigenvalue weighted by Crippen LogP contribution is 2.70. The Kier molecular flexibility index (Phi) is 6.01. The third-order valence-electron chi connectivity index (χ3n) is 11.5. The molecule has 2 aliphatic heterocycles. The predicted octanol–water partition coefficient (Wildman–Crippen LogP) is 2.37. The van der Waals surface area contributed by atoms with Gasteiger partial charge in [-0.1, -0.05) is 27.7 Å². The zero-order chi connectivity index (χ0) is 25.6. The monoisotopic (exact) mass is 494 g/mol. The second-order valence-corrected chi connectivity index (χ2v) is 13.0. The van der Waals surface area contributed by atoms with Crippen molar-refractivity contribution in [3.63, 3.8) is 0 Å². The van der Waals surface area contributed by atoms with Crippen LogP contribution >= 0.6 is 0 Å². The molecule has 5 fully saturated rings. The summed E-state index contributed by atoms with van der Waals surface area (Å²) in [5.74, 6) is -1.31. The fraction of sp³-hybridized carbons (Fsp3) is 0.926. The van der Waals surface area contributed by atoms with Gasteiger partial charge in [-0.25, -0.2) is 4.79 Å². The summed E-state index contributed by atoms with van der Waals surface area (Å²) in [7, 11) is 0. The average molecular weight is 495 g/mol. The van der Waals surface area contributed by atoms with Gasteiger partial charge in [-0.15, -0.1) is 0 Å². The predicted molar refractivity (Wildman–Crippen MR) is 125 cm³/mol. The van der Waals surface area contributed by atoms with Crippen LogP contribution in [0.15, 0.2) is 0 Å². The number of ketones is 1. The first-order chi connectivity index (χ1) is 16.3. The largest absolute Gasteiger partial charge is 0.479 e. The van der Waals surface area contributed by atoms with E-state index in [0.717, 1.165) is 25.7 Å². The van der Waals surface area contributed by atoms with Gasteiger partial charge in [0.25, 0.3) is 0 Å². The Morgan fingerprint density at radius 2 is 1.89 bits per heavy atom. The van der Waals surface area contributed by atoms with E-state index < -0.39 is 41.3 Å². The van der Waals surface area contributed by atoms with E-state index in [0.29, 0.717) is 24.9 Å². The van der Waals surface area contributed by atoms with Crippen molar-refractivity contribution in [3.05, 3.63) is 0 Å². The molecule has 0 radical (unpaired) electrons. The summed E-state index contributed by atoms with van der Waals surface area (Å²) < 4.78 is 13.1. The number of hydrogen-bond acceptors (Lipinski definition) is 7. The van der Waals surface area contributed by atoms with Crippen LogP contribution in [-0.2, 0) is 19.1 Å². The molecule has 0 aromatic heterocycles. The molecule has 5 aliphatic rings. The number of carboxylic acids is 1. The van der Waals surface area contributed by atoms with E-state index in [9.17, 15) is 30.0 Å². The van der Waals surface area contributed by atoms with Crippen molar-refractivity contribution in [1.29, 1.82) is 0 Å². The van der Waals surface area contributed by atoms with Crippen molar-refractivity contribution in [3.8, 4) is 0 Å². The van der Waals surface area contributed by atoms with Crippen LogP contribution in [0.3, 0.4) is 0 Å². The molecule has 0 bridgehead atoms. The summed E-state index contributed by atoms with van der Waals surface area (Å²) in [4.78, 5) is 24.9. The van der Waals surface area contributed by atoms with Gasteiger partial charge in [0.05, 0.1) is 19.3 Å². The Morgan fingerprint density at radius 3 is 2.49 bits per heavy atom. The van der Waals surface area contributed by atoms with Gasteiger partial charge in [-0.05, 0) is 67.1 Å². The Balaban J connectivity index is 1.46.